The molecule has 1 heterocycles. The second-order valence-corrected chi connectivity index (χ2v) is 8.76. The van der Waals surface area contributed by atoms with Gasteiger partial charge in [-0.1, -0.05) is 50.3 Å². The average Bonchev–Trinajstić information content (AvgIpc) is 3.44. The van der Waals surface area contributed by atoms with Crippen molar-refractivity contribution in [3.05, 3.63) is 89.6 Å². The van der Waals surface area contributed by atoms with E-state index in [2.05, 4.69) is 36.0 Å². The van der Waals surface area contributed by atoms with Gasteiger partial charge in [0.1, 0.15) is 5.69 Å². The van der Waals surface area contributed by atoms with Gasteiger partial charge in [0.15, 0.2) is 0 Å². The van der Waals surface area contributed by atoms with E-state index >= 15 is 0 Å². The van der Waals surface area contributed by atoms with E-state index in [9.17, 15) is 27.9 Å². The van der Waals surface area contributed by atoms with Crippen molar-refractivity contribution in [3.8, 4) is 28.1 Å². The van der Waals surface area contributed by atoms with Crippen LogP contribution in [0.15, 0.2) is 72.9 Å². The molecule has 210 valence electrons. The Morgan fingerprint density at radius 2 is 1.43 bits per heavy atom. The van der Waals surface area contributed by atoms with Gasteiger partial charge in [-0.15, -0.1) is 5.10 Å². The number of aromatic nitrogens is 3. The Labute approximate surface area is 229 Å². The van der Waals surface area contributed by atoms with Crippen LogP contribution in [-0.2, 0) is 6.18 Å². The Kier molecular flexibility index (Phi) is 9.78. The zero-order chi connectivity index (χ0) is 29.4. The number of hydrogen-bond acceptors (Lipinski definition) is 5. The molecule has 0 unspecified atom stereocenters. The van der Waals surface area contributed by atoms with E-state index in [1.165, 1.54) is 66.9 Å². The number of primary amides is 1. The largest absolute Gasteiger partial charge is 0.478 e. The molecule has 0 bridgehead atoms. The van der Waals surface area contributed by atoms with Gasteiger partial charge in [0.2, 0.25) is 5.91 Å². The van der Waals surface area contributed by atoms with Crippen molar-refractivity contribution in [3.63, 3.8) is 0 Å². The highest BCUT2D eigenvalue weighted by Gasteiger charge is 2.30. The molecule has 3 aromatic carbocycles. The number of carbonyl (C=O) groups excluding carboxylic acids is 1. The quantitative estimate of drug-likeness (QED) is 0.287. The molecule has 8 nitrogen and oxygen atoms in total. The molecule has 1 aromatic heterocycles. The molecule has 0 fully saturated rings. The Bertz CT molecular complexity index is 1440. The summed E-state index contributed by atoms with van der Waals surface area (Å²) in [5.41, 5.74) is 7.10. The molecule has 40 heavy (non-hydrogen) atoms. The number of aromatic carboxylic acids is 1. The zero-order valence-electron chi connectivity index (χ0n) is 22.3. The molecule has 0 aliphatic carbocycles. The molecule has 4 rings (SSSR count). The van der Waals surface area contributed by atoms with E-state index in [0.29, 0.717) is 33.6 Å². The first-order valence-corrected chi connectivity index (χ1v) is 12.6. The molecule has 0 spiro atoms. The van der Waals surface area contributed by atoms with E-state index < -0.39 is 23.6 Å². The average molecular weight is 554 g/mol. The summed E-state index contributed by atoms with van der Waals surface area (Å²) in [6.45, 7) is 10.1. The summed E-state index contributed by atoms with van der Waals surface area (Å²) >= 11 is 0. The fourth-order valence-corrected chi connectivity index (χ4v) is 3.88. The number of halogens is 3. The van der Waals surface area contributed by atoms with Crippen LogP contribution in [0.5, 0.6) is 0 Å². The van der Waals surface area contributed by atoms with Crippen molar-refractivity contribution in [1.29, 1.82) is 0 Å². The van der Waals surface area contributed by atoms with Crippen molar-refractivity contribution < 1.29 is 27.9 Å². The van der Waals surface area contributed by atoms with Gasteiger partial charge >= 0.3 is 12.1 Å². The molecule has 3 N–H and O–H groups in total. The maximum absolute atomic E-state index is 12.8. The van der Waals surface area contributed by atoms with Gasteiger partial charge in [-0.2, -0.15) is 13.2 Å². The number of rotatable bonds is 8. The Morgan fingerprint density at radius 1 is 0.850 bits per heavy atom. The minimum atomic E-state index is -4.44. The molecule has 0 saturated carbocycles. The van der Waals surface area contributed by atoms with Gasteiger partial charge in [-0.3, -0.25) is 4.79 Å². The van der Waals surface area contributed by atoms with Crippen molar-refractivity contribution >= 4 is 11.9 Å². The highest BCUT2D eigenvalue weighted by atomic mass is 19.4. The molecule has 0 aliphatic heterocycles. The lowest BCUT2D eigenvalue weighted by Gasteiger charge is -2.13. The molecule has 4 aromatic rings. The molecule has 11 heteroatoms. The Morgan fingerprint density at radius 3 is 1.90 bits per heavy atom. The van der Waals surface area contributed by atoms with Gasteiger partial charge in [-0.05, 0) is 73.2 Å². The maximum Gasteiger partial charge on any atom is 0.416 e. The third-order valence-corrected chi connectivity index (χ3v) is 6.28. The van der Waals surface area contributed by atoms with E-state index in [1.54, 1.807) is 18.2 Å². The van der Waals surface area contributed by atoms with Crippen molar-refractivity contribution in [2.75, 3.05) is 19.6 Å². The van der Waals surface area contributed by atoms with Gasteiger partial charge in [0.05, 0.1) is 23.0 Å². The summed E-state index contributed by atoms with van der Waals surface area (Å²) in [4.78, 5) is 25.3. The van der Waals surface area contributed by atoms with E-state index in [1.807, 2.05) is 0 Å². The first kappa shape index (κ1) is 30.0. The maximum atomic E-state index is 12.8. The number of alkyl halides is 3. The van der Waals surface area contributed by atoms with Crippen LogP contribution in [0.4, 0.5) is 13.2 Å². The lowest BCUT2D eigenvalue weighted by atomic mass is 10.0. The van der Waals surface area contributed by atoms with Crippen LogP contribution < -0.4 is 5.73 Å². The minimum Gasteiger partial charge on any atom is -0.478 e. The summed E-state index contributed by atoms with van der Waals surface area (Å²) in [5, 5.41) is 17.5. The van der Waals surface area contributed by atoms with Crippen molar-refractivity contribution in [2.45, 2.75) is 26.9 Å². The number of hydrogen-bond donors (Lipinski definition) is 2. The lowest BCUT2D eigenvalue weighted by molar-refractivity contribution is -0.137. The van der Waals surface area contributed by atoms with Crippen LogP contribution in [0.25, 0.3) is 28.1 Å². The van der Waals surface area contributed by atoms with Gasteiger partial charge in [0.25, 0.3) is 0 Å². The number of nitrogens with zero attached hydrogens (tertiary/aromatic N) is 4. The van der Waals surface area contributed by atoms with Gasteiger partial charge in [-0.25, -0.2) is 9.48 Å². The number of benzene rings is 3. The lowest BCUT2D eigenvalue weighted by Crippen LogP contribution is -2.21. The molecular formula is C29H30F3N5O3. The minimum absolute atomic E-state index is 0.00643. The summed E-state index contributed by atoms with van der Waals surface area (Å²) < 4.78 is 39.7. The second-order valence-electron chi connectivity index (χ2n) is 8.76. The summed E-state index contributed by atoms with van der Waals surface area (Å²) in [6.07, 6.45) is -2.96. The fraction of sp³-hybridized carbons (Fsp3) is 0.241. The van der Waals surface area contributed by atoms with E-state index in [4.69, 9.17) is 5.73 Å². The van der Waals surface area contributed by atoms with Crippen molar-refractivity contribution in [2.24, 2.45) is 5.73 Å². The smallest absolute Gasteiger partial charge is 0.416 e. The number of nitrogens with two attached hydrogens (primary N) is 1. The molecule has 0 atom stereocenters. The number of amides is 1. The highest BCUT2D eigenvalue weighted by Crippen LogP contribution is 2.31. The van der Waals surface area contributed by atoms with Crippen LogP contribution in [-0.4, -0.2) is 56.5 Å². The molecule has 1 amide bonds. The summed E-state index contributed by atoms with van der Waals surface area (Å²) in [6, 6.07) is 15.4. The van der Waals surface area contributed by atoms with Crippen LogP contribution in [0.1, 0.15) is 47.1 Å². The second kappa shape index (κ2) is 13.0. The first-order chi connectivity index (χ1) is 19.0. The van der Waals surface area contributed by atoms with Gasteiger partial charge in [0, 0.05) is 11.1 Å². The normalized spacial score (nSPS) is 11.2. The SMILES string of the molecule is CCN(CC)CC.NC(=O)c1ccc(-c2cc(C(=O)O)cc(-n3cc(-c4ccc(C(F)(F)F)cc4)nn3)c2)cc1. The predicted molar refractivity (Wildman–Crippen MR) is 146 cm³/mol. The van der Waals surface area contributed by atoms with Crippen LogP contribution in [0.2, 0.25) is 0 Å². The van der Waals surface area contributed by atoms with Crippen LogP contribution in [0.3, 0.4) is 0 Å². The van der Waals surface area contributed by atoms with Crippen molar-refractivity contribution in [1.82, 2.24) is 19.9 Å². The standard InChI is InChI=1S/C23H15F3N4O3.C6H15N/c24-23(25,26)18-7-5-14(6-8-18)20-12-30(29-28-20)19-10-16(9-17(11-19)22(32)33)13-1-3-15(4-2-13)21(27)31;1-4-7(5-2)6-3/h1-12H,(H2,27,31)(H,32,33);4-6H2,1-3H3. The monoisotopic (exact) mass is 553 g/mol. The molecular weight excluding hydrogens is 523 g/mol. The summed E-state index contributed by atoms with van der Waals surface area (Å²) in [5.74, 6) is -1.74. The molecule has 0 radical (unpaired) electrons. The van der Waals surface area contributed by atoms with Gasteiger partial charge < -0.3 is 15.7 Å². The van der Waals surface area contributed by atoms with Crippen LogP contribution >= 0.6 is 0 Å². The molecule has 0 saturated heterocycles. The fourth-order valence-electron chi connectivity index (χ4n) is 3.88. The molecule has 0 aliphatic rings. The topological polar surface area (TPSA) is 114 Å². The third kappa shape index (κ3) is 7.54. The van der Waals surface area contributed by atoms with E-state index in [0.717, 1.165) is 12.1 Å². The Balaban J connectivity index is 0.000000559. The number of carbonyl (C=O) groups is 2. The first-order valence-electron chi connectivity index (χ1n) is 12.6. The van der Waals surface area contributed by atoms with Crippen LogP contribution in [0, 0.1) is 0 Å². The highest BCUT2D eigenvalue weighted by molar-refractivity contribution is 5.94. The zero-order valence-corrected chi connectivity index (χ0v) is 22.3. The predicted octanol–water partition coefficient (Wildman–Crippen LogP) is 5.77. The number of carboxylic acids is 1. The van der Waals surface area contributed by atoms with E-state index in [-0.39, 0.29) is 5.56 Å². The Hall–Kier alpha value is -4.51. The summed E-state index contributed by atoms with van der Waals surface area (Å²) in [7, 11) is 0. The number of carboxylic acid groups (broad SMARTS) is 1. The third-order valence-electron chi connectivity index (χ3n) is 6.28.